The minimum absolute atomic E-state index is 0.0688. The third kappa shape index (κ3) is 4.71. The van der Waals surface area contributed by atoms with E-state index in [-0.39, 0.29) is 24.3 Å². The van der Waals surface area contributed by atoms with Gasteiger partial charge >= 0.3 is 0 Å². The fourth-order valence-corrected chi connectivity index (χ4v) is 1.43. The number of carbonyl (C=O) groups excluding carboxylic acids is 1. The molecule has 0 aliphatic rings. The molecular formula is C13H19FN2O2. The molecule has 1 rings (SSSR count). The maximum atomic E-state index is 13.6. The van der Waals surface area contributed by atoms with E-state index in [4.69, 9.17) is 4.74 Å². The highest BCUT2D eigenvalue weighted by Gasteiger charge is 2.07. The zero-order valence-electron chi connectivity index (χ0n) is 10.9. The monoisotopic (exact) mass is 254 g/mol. The molecule has 0 aliphatic heterocycles. The van der Waals surface area contributed by atoms with E-state index < -0.39 is 5.82 Å². The zero-order chi connectivity index (χ0) is 13.5. The Morgan fingerprint density at radius 3 is 2.72 bits per heavy atom. The van der Waals surface area contributed by atoms with Crippen LogP contribution in [0.25, 0.3) is 0 Å². The predicted molar refractivity (Wildman–Crippen MR) is 67.9 cm³/mol. The van der Waals surface area contributed by atoms with Crippen molar-refractivity contribution in [2.24, 2.45) is 0 Å². The number of amides is 1. The van der Waals surface area contributed by atoms with Crippen LogP contribution in [-0.2, 0) is 11.3 Å². The molecule has 1 aromatic rings. The highest BCUT2D eigenvalue weighted by molar-refractivity contribution is 5.77. The minimum Gasteiger partial charge on any atom is -0.488 e. The van der Waals surface area contributed by atoms with E-state index in [1.807, 2.05) is 13.8 Å². The Balaban J connectivity index is 2.58. The fraction of sp³-hybridized carbons (Fsp3) is 0.462. The maximum Gasteiger partial charge on any atom is 0.234 e. The maximum absolute atomic E-state index is 13.6. The Hall–Kier alpha value is -1.62. The van der Waals surface area contributed by atoms with Crippen LogP contribution in [0.1, 0.15) is 19.4 Å². The van der Waals surface area contributed by atoms with Crippen molar-refractivity contribution in [2.45, 2.75) is 26.5 Å². The summed E-state index contributed by atoms with van der Waals surface area (Å²) in [4.78, 5) is 11.2. The van der Waals surface area contributed by atoms with Crippen molar-refractivity contribution in [3.05, 3.63) is 29.6 Å². The molecule has 4 nitrogen and oxygen atoms in total. The number of likely N-dealkylation sites (N-methyl/N-ethyl adjacent to an activating group) is 1. The average molecular weight is 254 g/mol. The Kier molecular flexibility index (Phi) is 5.58. The summed E-state index contributed by atoms with van der Waals surface area (Å²) < 4.78 is 18.9. The topological polar surface area (TPSA) is 50.4 Å². The van der Waals surface area contributed by atoms with Crippen molar-refractivity contribution < 1.29 is 13.9 Å². The number of ether oxygens (including phenoxy) is 1. The van der Waals surface area contributed by atoms with Crippen molar-refractivity contribution in [3.8, 4) is 5.75 Å². The number of carbonyl (C=O) groups is 1. The van der Waals surface area contributed by atoms with Crippen molar-refractivity contribution in [2.75, 3.05) is 13.6 Å². The second kappa shape index (κ2) is 6.96. The van der Waals surface area contributed by atoms with Crippen LogP contribution in [-0.4, -0.2) is 25.6 Å². The van der Waals surface area contributed by atoms with Gasteiger partial charge in [-0.2, -0.15) is 0 Å². The van der Waals surface area contributed by atoms with Gasteiger partial charge in [-0.15, -0.1) is 0 Å². The molecule has 0 unspecified atom stereocenters. The molecule has 0 heterocycles. The number of hydrogen-bond acceptors (Lipinski definition) is 3. The van der Waals surface area contributed by atoms with Crippen molar-refractivity contribution in [1.82, 2.24) is 10.6 Å². The summed E-state index contributed by atoms with van der Waals surface area (Å²) in [6.45, 7) is 4.23. The van der Waals surface area contributed by atoms with E-state index in [9.17, 15) is 9.18 Å². The Morgan fingerprint density at radius 2 is 2.17 bits per heavy atom. The van der Waals surface area contributed by atoms with E-state index in [0.29, 0.717) is 12.1 Å². The third-order valence-corrected chi connectivity index (χ3v) is 2.19. The molecule has 1 aromatic carbocycles. The number of nitrogens with one attached hydrogen (secondary N) is 2. The SMILES string of the molecule is CNCC(=O)NCc1ccc(OC(C)C)c(F)c1. The van der Waals surface area contributed by atoms with E-state index in [0.717, 1.165) is 0 Å². The van der Waals surface area contributed by atoms with Gasteiger partial charge in [0, 0.05) is 6.54 Å². The van der Waals surface area contributed by atoms with Gasteiger partial charge in [-0.1, -0.05) is 6.07 Å². The average Bonchev–Trinajstić information content (AvgIpc) is 2.29. The molecule has 18 heavy (non-hydrogen) atoms. The lowest BCUT2D eigenvalue weighted by molar-refractivity contribution is -0.120. The lowest BCUT2D eigenvalue weighted by Crippen LogP contribution is -2.31. The standard InChI is InChI=1S/C13H19FN2O2/c1-9(2)18-12-5-4-10(6-11(12)14)7-16-13(17)8-15-3/h4-6,9,15H,7-8H2,1-3H3,(H,16,17). The van der Waals surface area contributed by atoms with E-state index in [1.165, 1.54) is 6.07 Å². The molecule has 0 fully saturated rings. The summed E-state index contributed by atoms with van der Waals surface area (Å²) in [5.74, 6) is -0.306. The van der Waals surface area contributed by atoms with Crippen LogP contribution in [0.2, 0.25) is 0 Å². The van der Waals surface area contributed by atoms with Crippen LogP contribution in [0.4, 0.5) is 4.39 Å². The second-order valence-electron chi connectivity index (χ2n) is 4.24. The van der Waals surface area contributed by atoms with Crippen molar-refractivity contribution in [3.63, 3.8) is 0 Å². The second-order valence-corrected chi connectivity index (χ2v) is 4.24. The summed E-state index contributed by atoms with van der Waals surface area (Å²) in [6, 6.07) is 4.69. The van der Waals surface area contributed by atoms with Gasteiger partial charge in [0.05, 0.1) is 12.6 Å². The molecule has 2 N–H and O–H groups in total. The number of halogens is 1. The van der Waals surface area contributed by atoms with Crippen LogP contribution in [0.15, 0.2) is 18.2 Å². The Labute approximate surface area is 107 Å². The lowest BCUT2D eigenvalue weighted by atomic mass is 10.2. The molecule has 1 amide bonds. The first-order valence-corrected chi connectivity index (χ1v) is 5.89. The van der Waals surface area contributed by atoms with Gasteiger partial charge in [0.1, 0.15) is 0 Å². The van der Waals surface area contributed by atoms with E-state index in [1.54, 1.807) is 19.2 Å². The molecule has 0 aliphatic carbocycles. The molecule has 0 bridgehead atoms. The summed E-state index contributed by atoms with van der Waals surface area (Å²) in [7, 11) is 1.69. The van der Waals surface area contributed by atoms with E-state index in [2.05, 4.69) is 10.6 Å². The number of hydrogen-bond donors (Lipinski definition) is 2. The van der Waals surface area contributed by atoms with E-state index >= 15 is 0 Å². The van der Waals surface area contributed by atoms with Crippen LogP contribution in [0, 0.1) is 5.82 Å². The lowest BCUT2D eigenvalue weighted by Gasteiger charge is -2.11. The van der Waals surface area contributed by atoms with Crippen LogP contribution >= 0.6 is 0 Å². The van der Waals surface area contributed by atoms with Crippen LogP contribution in [0.5, 0.6) is 5.75 Å². The van der Waals surface area contributed by atoms with Gasteiger partial charge in [0.25, 0.3) is 0 Å². The van der Waals surface area contributed by atoms with Crippen LogP contribution in [0.3, 0.4) is 0 Å². The van der Waals surface area contributed by atoms with Gasteiger partial charge in [-0.3, -0.25) is 4.79 Å². The first-order chi connectivity index (χ1) is 8.52. The molecule has 0 saturated carbocycles. The highest BCUT2D eigenvalue weighted by atomic mass is 19.1. The summed E-state index contributed by atoms with van der Waals surface area (Å²) in [5, 5.41) is 5.42. The molecule has 0 aromatic heterocycles. The highest BCUT2D eigenvalue weighted by Crippen LogP contribution is 2.19. The molecule has 0 atom stereocenters. The first kappa shape index (κ1) is 14.4. The Morgan fingerprint density at radius 1 is 1.44 bits per heavy atom. The van der Waals surface area contributed by atoms with Crippen molar-refractivity contribution in [1.29, 1.82) is 0 Å². The normalized spacial score (nSPS) is 10.5. The largest absolute Gasteiger partial charge is 0.488 e. The van der Waals surface area contributed by atoms with Crippen molar-refractivity contribution >= 4 is 5.91 Å². The number of rotatable bonds is 6. The smallest absolute Gasteiger partial charge is 0.234 e. The zero-order valence-corrected chi connectivity index (χ0v) is 10.9. The molecule has 100 valence electrons. The van der Waals surface area contributed by atoms with Gasteiger partial charge < -0.3 is 15.4 Å². The quantitative estimate of drug-likeness (QED) is 0.808. The Bertz CT molecular complexity index is 408. The first-order valence-electron chi connectivity index (χ1n) is 5.89. The fourth-order valence-electron chi connectivity index (χ4n) is 1.43. The number of benzene rings is 1. The van der Waals surface area contributed by atoms with Gasteiger partial charge in [-0.05, 0) is 38.6 Å². The van der Waals surface area contributed by atoms with Crippen LogP contribution < -0.4 is 15.4 Å². The molecule has 0 radical (unpaired) electrons. The predicted octanol–water partition coefficient (Wildman–Crippen LogP) is 1.45. The van der Waals surface area contributed by atoms with Gasteiger partial charge in [0.2, 0.25) is 5.91 Å². The van der Waals surface area contributed by atoms with Gasteiger partial charge in [-0.25, -0.2) is 4.39 Å². The van der Waals surface area contributed by atoms with Gasteiger partial charge in [0.15, 0.2) is 11.6 Å². The molecule has 0 spiro atoms. The molecule has 0 saturated heterocycles. The summed E-state index contributed by atoms with van der Waals surface area (Å²) in [5.41, 5.74) is 0.702. The summed E-state index contributed by atoms with van der Waals surface area (Å²) >= 11 is 0. The molecular weight excluding hydrogens is 235 g/mol. The minimum atomic E-state index is -0.413. The third-order valence-electron chi connectivity index (χ3n) is 2.19. The molecule has 5 heteroatoms. The summed E-state index contributed by atoms with van der Waals surface area (Å²) in [6.07, 6.45) is -0.0688.